The Bertz CT molecular complexity index is 438. The molecule has 0 aliphatic rings. The van der Waals surface area contributed by atoms with Crippen molar-refractivity contribution < 1.29 is 9.66 Å². The van der Waals surface area contributed by atoms with Gasteiger partial charge < -0.3 is 15.4 Å². The molecule has 0 bridgehead atoms. The van der Waals surface area contributed by atoms with Crippen LogP contribution in [0.25, 0.3) is 0 Å². The molecular formula is C11H16ClN3O3. The fourth-order valence-electron chi connectivity index (χ4n) is 1.39. The van der Waals surface area contributed by atoms with Crippen molar-refractivity contribution in [1.29, 1.82) is 0 Å². The summed E-state index contributed by atoms with van der Waals surface area (Å²) < 4.78 is 5.41. The summed E-state index contributed by atoms with van der Waals surface area (Å²) in [5, 5.41) is 11.0. The summed E-state index contributed by atoms with van der Waals surface area (Å²) in [6.07, 6.45) is 0.807. The molecule has 0 fully saturated rings. The normalized spacial score (nSPS) is 10.7. The third-order valence-corrected chi connectivity index (χ3v) is 2.58. The van der Waals surface area contributed by atoms with E-state index in [4.69, 9.17) is 22.1 Å². The summed E-state index contributed by atoms with van der Waals surface area (Å²) in [6, 6.07) is 2.59. The van der Waals surface area contributed by atoms with Gasteiger partial charge in [-0.15, -0.1) is 0 Å². The van der Waals surface area contributed by atoms with Crippen LogP contribution in [0.1, 0.15) is 6.42 Å². The molecule has 0 unspecified atom stereocenters. The number of anilines is 1. The van der Waals surface area contributed by atoms with Crippen LogP contribution in [-0.4, -0.2) is 37.1 Å². The highest BCUT2D eigenvalue weighted by Crippen LogP contribution is 2.34. The molecule has 0 aliphatic heterocycles. The summed E-state index contributed by atoms with van der Waals surface area (Å²) >= 11 is 5.91. The molecule has 0 saturated carbocycles. The number of nitro groups is 1. The van der Waals surface area contributed by atoms with E-state index in [9.17, 15) is 10.1 Å². The Morgan fingerprint density at radius 1 is 1.50 bits per heavy atom. The average molecular weight is 274 g/mol. The smallest absolute Gasteiger partial charge is 0.295 e. The standard InChI is InChI=1S/C11H16ClN3O3/c1-14(2)4-3-5-18-11-7-10(15(16)17)9(13)6-8(11)12/h6-7H,3-5,13H2,1-2H3. The molecular weight excluding hydrogens is 258 g/mol. The van der Waals surface area contributed by atoms with Gasteiger partial charge in [0.05, 0.1) is 22.6 Å². The van der Waals surface area contributed by atoms with Gasteiger partial charge in [-0.25, -0.2) is 0 Å². The minimum absolute atomic E-state index is 0.0330. The minimum atomic E-state index is -0.557. The minimum Gasteiger partial charge on any atom is -0.492 e. The zero-order valence-electron chi connectivity index (χ0n) is 10.4. The molecule has 1 aromatic carbocycles. The molecule has 0 radical (unpaired) electrons. The second kappa shape index (κ2) is 6.42. The number of benzene rings is 1. The lowest BCUT2D eigenvalue weighted by Crippen LogP contribution is -2.15. The Morgan fingerprint density at radius 3 is 2.72 bits per heavy atom. The Balaban J connectivity index is 2.70. The van der Waals surface area contributed by atoms with E-state index < -0.39 is 4.92 Å². The molecule has 0 amide bonds. The summed E-state index contributed by atoms with van der Waals surface area (Å²) in [4.78, 5) is 12.2. The van der Waals surface area contributed by atoms with Crippen molar-refractivity contribution >= 4 is 23.0 Å². The van der Waals surface area contributed by atoms with Crippen molar-refractivity contribution in [1.82, 2.24) is 4.90 Å². The maximum atomic E-state index is 10.7. The van der Waals surface area contributed by atoms with Crippen molar-refractivity contribution in [3.8, 4) is 5.75 Å². The molecule has 7 heteroatoms. The monoisotopic (exact) mass is 273 g/mol. The molecule has 2 N–H and O–H groups in total. The number of nitrogens with two attached hydrogens (primary N) is 1. The number of halogens is 1. The SMILES string of the molecule is CN(C)CCCOc1cc([N+](=O)[O-])c(N)cc1Cl. The number of nitrogens with zero attached hydrogens (tertiary/aromatic N) is 2. The van der Waals surface area contributed by atoms with Gasteiger partial charge in [0.25, 0.3) is 5.69 Å². The topological polar surface area (TPSA) is 81.6 Å². The number of hydrogen-bond acceptors (Lipinski definition) is 5. The van der Waals surface area contributed by atoms with Crippen molar-refractivity contribution in [2.45, 2.75) is 6.42 Å². The van der Waals surface area contributed by atoms with Gasteiger partial charge in [0.2, 0.25) is 0 Å². The third kappa shape index (κ3) is 4.05. The highest BCUT2D eigenvalue weighted by molar-refractivity contribution is 6.32. The second-order valence-corrected chi connectivity index (χ2v) is 4.51. The number of nitro benzene ring substituents is 1. The van der Waals surface area contributed by atoms with E-state index in [-0.39, 0.29) is 22.1 Å². The molecule has 0 spiro atoms. The molecule has 6 nitrogen and oxygen atoms in total. The van der Waals surface area contributed by atoms with Gasteiger partial charge in [-0.1, -0.05) is 11.6 Å². The van der Waals surface area contributed by atoms with Crippen LogP contribution in [0.4, 0.5) is 11.4 Å². The summed E-state index contributed by atoms with van der Waals surface area (Å²) in [5.74, 6) is 0.288. The van der Waals surface area contributed by atoms with Crippen molar-refractivity contribution in [2.24, 2.45) is 0 Å². The van der Waals surface area contributed by atoms with Gasteiger partial charge >= 0.3 is 0 Å². The molecule has 0 aliphatic carbocycles. The van der Waals surface area contributed by atoms with Crippen LogP contribution in [0.3, 0.4) is 0 Å². The second-order valence-electron chi connectivity index (χ2n) is 4.10. The van der Waals surface area contributed by atoms with E-state index in [1.807, 2.05) is 19.0 Å². The van der Waals surface area contributed by atoms with E-state index >= 15 is 0 Å². The largest absolute Gasteiger partial charge is 0.492 e. The third-order valence-electron chi connectivity index (χ3n) is 2.29. The number of hydrogen-bond donors (Lipinski definition) is 1. The van der Waals surface area contributed by atoms with Crippen LogP contribution in [-0.2, 0) is 0 Å². The van der Waals surface area contributed by atoms with E-state index in [2.05, 4.69) is 0 Å². The Hall–Kier alpha value is -1.53. The lowest BCUT2D eigenvalue weighted by Gasteiger charge is -2.11. The van der Waals surface area contributed by atoms with E-state index in [0.29, 0.717) is 6.61 Å². The molecule has 1 aromatic rings. The first-order valence-corrected chi connectivity index (χ1v) is 5.80. The van der Waals surface area contributed by atoms with Crippen LogP contribution in [0.2, 0.25) is 5.02 Å². The maximum absolute atomic E-state index is 10.7. The van der Waals surface area contributed by atoms with Crippen LogP contribution < -0.4 is 10.5 Å². The van der Waals surface area contributed by atoms with Crippen LogP contribution >= 0.6 is 11.6 Å². The van der Waals surface area contributed by atoms with Crippen LogP contribution in [0.15, 0.2) is 12.1 Å². The van der Waals surface area contributed by atoms with E-state index in [1.54, 1.807) is 0 Å². The summed E-state index contributed by atoms with van der Waals surface area (Å²) in [7, 11) is 3.92. The number of ether oxygens (including phenoxy) is 1. The lowest BCUT2D eigenvalue weighted by atomic mass is 10.2. The predicted molar refractivity (Wildman–Crippen MR) is 71.2 cm³/mol. The van der Waals surface area contributed by atoms with Crippen molar-refractivity contribution in [3.63, 3.8) is 0 Å². The molecule has 0 aromatic heterocycles. The van der Waals surface area contributed by atoms with Gasteiger partial charge in [-0.05, 0) is 26.6 Å². The van der Waals surface area contributed by atoms with Crippen LogP contribution in [0, 0.1) is 10.1 Å². The van der Waals surface area contributed by atoms with Gasteiger partial charge in [0.1, 0.15) is 11.4 Å². The zero-order chi connectivity index (χ0) is 13.7. The van der Waals surface area contributed by atoms with Gasteiger partial charge in [-0.2, -0.15) is 0 Å². The maximum Gasteiger partial charge on any atom is 0.295 e. The highest BCUT2D eigenvalue weighted by Gasteiger charge is 2.16. The molecule has 18 heavy (non-hydrogen) atoms. The first kappa shape index (κ1) is 14.5. The van der Waals surface area contributed by atoms with Gasteiger partial charge in [-0.3, -0.25) is 10.1 Å². The summed E-state index contributed by atoms with van der Waals surface area (Å²) in [5.41, 5.74) is 5.34. The summed E-state index contributed by atoms with van der Waals surface area (Å²) in [6.45, 7) is 1.31. The molecule has 0 saturated heterocycles. The van der Waals surface area contributed by atoms with Crippen molar-refractivity contribution in [2.75, 3.05) is 33.0 Å². The van der Waals surface area contributed by atoms with Gasteiger partial charge in [0.15, 0.2) is 0 Å². The first-order valence-electron chi connectivity index (χ1n) is 5.42. The van der Waals surface area contributed by atoms with E-state index in [1.165, 1.54) is 12.1 Å². The molecule has 0 atom stereocenters. The molecule has 0 heterocycles. The Labute approximate surface area is 110 Å². The predicted octanol–water partition coefficient (Wildman–Crippen LogP) is 2.16. The van der Waals surface area contributed by atoms with Crippen molar-refractivity contribution in [3.05, 3.63) is 27.3 Å². The average Bonchev–Trinajstić information content (AvgIpc) is 2.25. The lowest BCUT2D eigenvalue weighted by molar-refractivity contribution is -0.384. The van der Waals surface area contributed by atoms with Crippen LogP contribution in [0.5, 0.6) is 5.75 Å². The zero-order valence-corrected chi connectivity index (χ0v) is 11.1. The highest BCUT2D eigenvalue weighted by atomic mass is 35.5. The number of nitrogen functional groups attached to an aromatic ring is 1. The van der Waals surface area contributed by atoms with E-state index in [0.717, 1.165) is 13.0 Å². The fraction of sp³-hybridized carbons (Fsp3) is 0.455. The first-order chi connectivity index (χ1) is 8.41. The molecule has 1 rings (SSSR count). The number of rotatable bonds is 6. The fourth-order valence-corrected chi connectivity index (χ4v) is 1.62. The quantitative estimate of drug-likeness (QED) is 0.372. The van der Waals surface area contributed by atoms with Gasteiger partial charge in [0, 0.05) is 6.54 Å². The molecule has 100 valence electrons. The Kier molecular flexibility index (Phi) is 5.18. The Morgan fingerprint density at radius 2 is 2.17 bits per heavy atom.